The Morgan fingerprint density at radius 1 is 0.646 bits per heavy atom. The summed E-state index contributed by atoms with van der Waals surface area (Å²) in [5, 5.41) is 0. The van der Waals surface area contributed by atoms with Crippen LogP contribution in [0.15, 0.2) is 12.2 Å². The normalized spacial score (nSPS) is 41.5. The Morgan fingerprint density at radius 3 is 1.85 bits per heavy atom. The molecule has 0 bridgehead atoms. The molecule has 48 heavy (non-hydrogen) atoms. The Morgan fingerprint density at radius 2 is 1.25 bits per heavy atom. The Kier molecular flexibility index (Phi) is 12.4. The zero-order chi connectivity index (χ0) is 34.8. The molecule has 276 valence electrons. The topological polar surface area (TPSA) is 26.3 Å². The second-order valence-electron chi connectivity index (χ2n) is 20.2. The Labute approximate surface area is 299 Å². The van der Waals surface area contributed by atoms with Crippen molar-refractivity contribution in [1.29, 1.82) is 0 Å². The first kappa shape index (κ1) is 38.4. The summed E-state index contributed by atoms with van der Waals surface area (Å²) in [6.45, 7) is 25.0. The van der Waals surface area contributed by atoms with Crippen LogP contribution in [0.4, 0.5) is 0 Å². The van der Waals surface area contributed by atoms with Crippen molar-refractivity contribution in [2.24, 2.45) is 56.7 Å². The van der Waals surface area contributed by atoms with Crippen LogP contribution in [-0.4, -0.2) is 12.1 Å². The van der Waals surface area contributed by atoms with Gasteiger partial charge in [0.25, 0.3) is 0 Å². The summed E-state index contributed by atoms with van der Waals surface area (Å²) in [7, 11) is 0. The number of hydrogen-bond acceptors (Lipinski definition) is 2. The third-order valence-electron chi connectivity index (χ3n) is 17.2. The Hall–Kier alpha value is -0.790. The number of carbonyl (C=O) groups excluding carboxylic acids is 1. The summed E-state index contributed by atoms with van der Waals surface area (Å²) in [5.74, 6) is 3.89. The zero-order valence-electron chi connectivity index (χ0n) is 33.5. The molecule has 5 aliphatic carbocycles. The van der Waals surface area contributed by atoms with Gasteiger partial charge in [0.2, 0.25) is 0 Å². The van der Waals surface area contributed by atoms with Crippen LogP contribution in [0, 0.1) is 56.7 Å². The van der Waals surface area contributed by atoms with E-state index in [1.54, 1.807) is 0 Å². The maximum absolute atomic E-state index is 13.2. The SMILES string of the molecule is C=C(C)[C@H]1CC[C@@]2(C)CC[C@@]3(C)[C@@H](CC[C@H]4[C@]5(C)CC[C@@H](OC(=O)CCCCCCCCCCCCCCC)C(C)(C)[C@H]5CC[C@@]43C)[C@H]12. The van der Waals surface area contributed by atoms with E-state index in [1.165, 1.54) is 140 Å². The zero-order valence-corrected chi connectivity index (χ0v) is 33.5. The van der Waals surface area contributed by atoms with Crippen molar-refractivity contribution >= 4 is 5.97 Å². The molecule has 0 aromatic heterocycles. The minimum Gasteiger partial charge on any atom is -0.462 e. The van der Waals surface area contributed by atoms with E-state index in [0.717, 1.165) is 36.5 Å². The lowest BCUT2D eigenvalue weighted by Gasteiger charge is -2.73. The van der Waals surface area contributed by atoms with Gasteiger partial charge in [-0.25, -0.2) is 0 Å². The number of esters is 1. The predicted octanol–water partition coefficient (Wildman–Crippen LogP) is 14.1. The number of ether oxygens (including phenoxy) is 1. The third-order valence-corrected chi connectivity index (χ3v) is 17.2. The van der Waals surface area contributed by atoms with Crippen molar-refractivity contribution < 1.29 is 9.53 Å². The first-order valence-corrected chi connectivity index (χ1v) is 21.6. The molecule has 0 amide bonds. The summed E-state index contributed by atoms with van der Waals surface area (Å²) in [4.78, 5) is 13.2. The van der Waals surface area contributed by atoms with Crippen LogP contribution in [0.5, 0.6) is 0 Å². The number of carbonyl (C=O) groups is 1. The van der Waals surface area contributed by atoms with E-state index in [1.807, 2.05) is 0 Å². The van der Waals surface area contributed by atoms with Gasteiger partial charge in [0.15, 0.2) is 0 Å². The lowest BCUT2D eigenvalue weighted by Crippen LogP contribution is -2.66. The molecule has 5 aliphatic rings. The van der Waals surface area contributed by atoms with Crippen molar-refractivity contribution in [3.05, 3.63) is 12.2 Å². The van der Waals surface area contributed by atoms with Crippen LogP contribution in [0.3, 0.4) is 0 Å². The molecule has 5 fully saturated rings. The molecule has 0 unspecified atom stereocenters. The first-order chi connectivity index (χ1) is 22.7. The Balaban J connectivity index is 1.11. The molecule has 0 aromatic rings. The van der Waals surface area contributed by atoms with E-state index < -0.39 is 0 Å². The molecule has 10 atom stereocenters. The molecule has 5 saturated carbocycles. The minimum absolute atomic E-state index is 0.0411. The van der Waals surface area contributed by atoms with Crippen LogP contribution < -0.4 is 0 Å². The minimum atomic E-state index is 0.0411. The van der Waals surface area contributed by atoms with Crippen molar-refractivity contribution in [1.82, 2.24) is 0 Å². The summed E-state index contributed by atoms with van der Waals surface area (Å²) < 4.78 is 6.42. The number of unbranched alkanes of at least 4 members (excludes halogenated alkanes) is 12. The van der Waals surface area contributed by atoms with E-state index in [4.69, 9.17) is 4.74 Å². The number of fused-ring (bicyclic) bond motifs is 7. The predicted molar refractivity (Wildman–Crippen MR) is 205 cm³/mol. The van der Waals surface area contributed by atoms with Crippen LogP contribution in [0.2, 0.25) is 0 Å². The highest BCUT2D eigenvalue weighted by Gasteiger charge is 2.70. The largest absolute Gasteiger partial charge is 0.462 e. The van der Waals surface area contributed by atoms with Gasteiger partial charge in [-0.2, -0.15) is 0 Å². The maximum atomic E-state index is 13.2. The van der Waals surface area contributed by atoms with E-state index in [9.17, 15) is 4.79 Å². The molecule has 0 radical (unpaired) electrons. The quantitative estimate of drug-likeness (QED) is 0.0932. The van der Waals surface area contributed by atoms with E-state index in [0.29, 0.717) is 34.0 Å². The number of hydrogen-bond donors (Lipinski definition) is 0. The van der Waals surface area contributed by atoms with Crippen molar-refractivity contribution in [3.63, 3.8) is 0 Å². The summed E-state index contributed by atoms with van der Waals surface area (Å²) >= 11 is 0. The van der Waals surface area contributed by atoms with Crippen LogP contribution >= 0.6 is 0 Å². The molecular formula is C46H80O2. The van der Waals surface area contributed by atoms with Gasteiger partial charge in [0.05, 0.1) is 0 Å². The fraction of sp³-hybridized carbons (Fsp3) is 0.935. The monoisotopic (exact) mass is 665 g/mol. The number of rotatable bonds is 16. The van der Waals surface area contributed by atoms with E-state index >= 15 is 0 Å². The van der Waals surface area contributed by atoms with Gasteiger partial charge in [0, 0.05) is 11.8 Å². The summed E-state index contributed by atoms with van der Waals surface area (Å²) in [6, 6.07) is 0. The average molecular weight is 665 g/mol. The van der Waals surface area contributed by atoms with E-state index in [2.05, 4.69) is 62.0 Å². The van der Waals surface area contributed by atoms with Gasteiger partial charge >= 0.3 is 5.97 Å². The maximum Gasteiger partial charge on any atom is 0.306 e. The van der Waals surface area contributed by atoms with Gasteiger partial charge in [-0.15, -0.1) is 0 Å². The molecule has 5 rings (SSSR count). The highest BCUT2D eigenvalue weighted by molar-refractivity contribution is 5.69. The standard InChI is InChI=1S/C46H80O2/c1-10-11-12-13-14-15-16-17-18-19-20-21-22-23-40(47)48-39-28-30-44(7)37(42(39,4)5)27-31-46(9)38(44)25-24-36-41-35(34(2)3)26-29-43(41,6)32-33-45(36,46)8/h35-39,41H,2,10-33H2,1,3-9H3/t35-,36+,37-,38+,39-,41+,43+,44-,45+,46+/m1/s1. The average Bonchev–Trinajstić information content (AvgIpc) is 3.39. The highest BCUT2D eigenvalue weighted by atomic mass is 16.5. The fourth-order valence-electron chi connectivity index (χ4n) is 14.2. The van der Waals surface area contributed by atoms with Gasteiger partial charge < -0.3 is 4.74 Å². The molecule has 0 saturated heterocycles. The summed E-state index contributed by atoms with van der Waals surface area (Å²) in [6.07, 6.45) is 31.4. The molecule has 0 N–H and O–H groups in total. The molecule has 0 heterocycles. The summed E-state index contributed by atoms with van der Waals surface area (Å²) in [5.41, 5.74) is 3.19. The highest BCUT2D eigenvalue weighted by Crippen LogP contribution is 2.77. The smallest absolute Gasteiger partial charge is 0.306 e. The Bertz CT molecular complexity index is 1090. The molecular weight excluding hydrogens is 585 g/mol. The molecule has 0 aromatic carbocycles. The van der Waals surface area contributed by atoms with Crippen LogP contribution in [-0.2, 0) is 9.53 Å². The lowest BCUT2D eigenvalue weighted by molar-refractivity contribution is -0.249. The van der Waals surface area contributed by atoms with Gasteiger partial charge in [0.1, 0.15) is 6.10 Å². The van der Waals surface area contributed by atoms with E-state index in [-0.39, 0.29) is 17.5 Å². The lowest BCUT2D eigenvalue weighted by atomic mass is 9.32. The van der Waals surface area contributed by atoms with Crippen molar-refractivity contribution in [2.75, 3.05) is 0 Å². The third kappa shape index (κ3) is 7.14. The van der Waals surface area contributed by atoms with Gasteiger partial charge in [-0.3, -0.25) is 4.79 Å². The molecule has 2 nitrogen and oxygen atoms in total. The first-order valence-electron chi connectivity index (χ1n) is 21.6. The van der Waals surface area contributed by atoms with Gasteiger partial charge in [-0.1, -0.05) is 138 Å². The fourth-order valence-corrected chi connectivity index (χ4v) is 14.2. The molecule has 0 aliphatic heterocycles. The van der Waals surface area contributed by atoms with Crippen molar-refractivity contribution in [3.8, 4) is 0 Å². The molecule has 0 spiro atoms. The van der Waals surface area contributed by atoms with Crippen molar-refractivity contribution in [2.45, 2.75) is 216 Å². The molecule has 2 heteroatoms. The van der Waals surface area contributed by atoms with Gasteiger partial charge in [-0.05, 0) is 129 Å². The number of allylic oxidation sites excluding steroid dienone is 1. The second kappa shape index (κ2) is 15.4. The second-order valence-corrected chi connectivity index (χ2v) is 20.2. The van der Waals surface area contributed by atoms with Crippen LogP contribution in [0.1, 0.15) is 209 Å². The van der Waals surface area contributed by atoms with Crippen LogP contribution in [0.25, 0.3) is 0 Å².